The van der Waals surface area contributed by atoms with Crippen LogP contribution in [0.5, 0.6) is 5.75 Å². The van der Waals surface area contributed by atoms with Crippen molar-refractivity contribution in [3.63, 3.8) is 0 Å². The Bertz CT molecular complexity index is 252. The summed E-state index contributed by atoms with van der Waals surface area (Å²) in [6.45, 7) is 0. The van der Waals surface area contributed by atoms with E-state index in [1.54, 1.807) is 7.11 Å². The maximum Gasteiger partial charge on any atom is 0.120 e. The van der Waals surface area contributed by atoms with E-state index < -0.39 is 0 Å². The van der Waals surface area contributed by atoms with Gasteiger partial charge < -0.3 is 10.2 Å². The van der Waals surface area contributed by atoms with Gasteiger partial charge in [0, 0.05) is 3.57 Å². The van der Waals surface area contributed by atoms with Crippen molar-refractivity contribution in [1.82, 2.24) is 0 Å². The molecular formula is C7H9IN2O. The van der Waals surface area contributed by atoms with Gasteiger partial charge in [0.1, 0.15) is 5.75 Å². The molecule has 0 bridgehead atoms. The minimum absolute atomic E-state index is 0.841. The van der Waals surface area contributed by atoms with Crippen molar-refractivity contribution in [2.75, 3.05) is 12.5 Å². The fourth-order valence-corrected chi connectivity index (χ4v) is 1.38. The molecule has 0 aliphatic carbocycles. The number of ether oxygens (including phenoxy) is 1. The molecule has 0 heterocycles. The van der Waals surface area contributed by atoms with E-state index in [1.165, 1.54) is 0 Å². The molecule has 1 rings (SSSR count). The van der Waals surface area contributed by atoms with Crippen LogP contribution in [-0.4, -0.2) is 7.11 Å². The highest BCUT2D eigenvalue weighted by molar-refractivity contribution is 14.1. The van der Waals surface area contributed by atoms with Gasteiger partial charge in [-0.05, 0) is 40.8 Å². The molecule has 0 unspecified atom stereocenters. The van der Waals surface area contributed by atoms with Gasteiger partial charge in [-0.2, -0.15) is 0 Å². The van der Waals surface area contributed by atoms with Crippen LogP contribution in [0.25, 0.3) is 0 Å². The van der Waals surface area contributed by atoms with Gasteiger partial charge in [-0.25, -0.2) is 0 Å². The molecule has 4 heteroatoms. The molecule has 0 aromatic heterocycles. The highest BCUT2D eigenvalue weighted by Gasteiger charge is 1.98. The Morgan fingerprint density at radius 2 is 2.27 bits per heavy atom. The molecule has 0 aliphatic rings. The van der Waals surface area contributed by atoms with Crippen molar-refractivity contribution >= 4 is 28.3 Å². The third-order valence-corrected chi connectivity index (χ3v) is 2.22. The fourth-order valence-electron chi connectivity index (χ4n) is 0.740. The van der Waals surface area contributed by atoms with Crippen LogP contribution in [0, 0.1) is 3.57 Å². The SMILES string of the molecule is COc1ccc(NN)c(I)c1. The van der Waals surface area contributed by atoms with Crippen molar-refractivity contribution in [2.45, 2.75) is 0 Å². The first kappa shape index (κ1) is 8.61. The number of halogens is 1. The summed E-state index contributed by atoms with van der Waals surface area (Å²) in [7, 11) is 1.64. The van der Waals surface area contributed by atoms with E-state index in [0.717, 1.165) is 15.0 Å². The van der Waals surface area contributed by atoms with Crippen molar-refractivity contribution in [3.8, 4) is 5.75 Å². The normalized spacial score (nSPS) is 9.36. The summed E-state index contributed by atoms with van der Waals surface area (Å²) in [5, 5.41) is 0. The van der Waals surface area contributed by atoms with Gasteiger partial charge in [0.2, 0.25) is 0 Å². The molecule has 0 amide bonds. The van der Waals surface area contributed by atoms with Crippen LogP contribution in [0.15, 0.2) is 18.2 Å². The lowest BCUT2D eigenvalue weighted by atomic mass is 10.3. The van der Waals surface area contributed by atoms with Crippen LogP contribution >= 0.6 is 22.6 Å². The Morgan fingerprint density at radius 3 is 2.73 bits per heavy atom. The maximum absolute atomic E-state index is 5.25. The lowest BCUT2D eigenvalue weighted by molar-refractivity contribution is 0.414. The topological polar surface area (TPSA) is 47.3 Å². The number of hydrogen-bond donors (Lipinski definition) is 2. The molecule has 0 spiro atoms. The molecule has 3 N–H and O–H groups in total. The molecule has 0 radical (unpaired) electrons. The Hall–Kier alpha value is -0.490. The number of methoxy groups -OCH3 is 1. The average molecular weight is 264 g/mol. The predicted octanol–water partition coefficient (Wildman–Crippen LogP) is 1.59. The van der Waals surface area contributed by atoms with Gasteiger partial charge in [-0.15, -0.1) is 0 Å². The van der Waals surface area contributed by atoms with Crippen LogP contribution in [0.3, 0.4) is 0 Å². The zero-order chi connectivity index (χ0) is 8.27. The molecule has 3 nitrogen and oxygen atoms in total. The molecule has 0 atom stereocenters. The minimum atomic E-state index is 0.841. The van der Waals surface area contributed by atoms with E-state index in [-0.39, 0.29) is 0 Å². The smallest absolute Gasteiger partial charge is 0.120 e. The van der Waals surface area contributed by atoms with Crippen molar-refractivity contribution < 1.29 is 4.74 Å². The molecular weight excluding hydrogens is 255 g/mol. The highest BCUT2D eigenvalue weighted by atomic mass is 127. The largest absolute Gasteiger partial charge is 0.497 e. The molecule has 1 aromatic rings. The molecule has 0 saturated carbocycles. The summed E-state index contributed by atoms with van der Waals surface area (Å²) >= 11 is 2.19. The van der Waals surface area contributed by atoms with Crippen LogP contribution < -0.4 is 16.0 Å². The number of benzene rings is 1. The minimum Gasteiger partial charge on any atom is -0.497 e. The Balaban J connectivity index is 2.99. The summed E-state index contributed by atoms with van der Waals surface area (Å²) in [6.07, 6.45) is 0. The Labute approximate surface area is 79.0 Å². The average Bonchev–Trinajstić information content (AvgIpc) is 2.04. The molecule has 0 aliphatic heterocycles. The molecule has 0 saturated heterocycles. The van der Waals surface area contributed by atoms with Crippen LogP contribution in [-0.2, 0) is 0 Å². The van der Waals surface area contributed by atoms with E-state index in [9.17, 15) is 0 Å². The first-order chi connectivity index (χ1) is 5.27. The van der Waals surface area contributed by atoms with Gasteiger partial charge in [-0.3, -0.25) is 5.84 Å². The number of hydrogen-bond acceptors (Lipinski definition) is 3. The highest BCUT2D eigenvalue weighted by Crippen LogP contribution is 2.22. The fraction of sp³-hybridized carbons (Fsp3) is 0.143. The summed E-state index contributed by atoms with van der Waals surface area (Å²) in [6, 6.07) is 5.65. The molecule has 0 fully saturated rings. The lowest BCUT2D eigenvalue weighted by Crippen LogP contribution is -2.07. The summed E-state index contributed by atoms with van der Waals surface area (Å²) in [5.74, 6) is 6.09. The maximum atomic E-state index is 5.25. The van der Waals surface area contributed by atoms with E-state index >= 15 is 0 Å². The third-order valence-electron chi connectivity index (χ3n) is 1.33. The van der Waals surface area contributed by atoms with E-state index in [2.05, 4.69) is 28.0 Å². The van der Waals surface area contributed by atoms with Crippen LogP contribution in [0.4, 0.5) is 5.69 Å². The second-order valence-corrected chi connectivity index (χ2v) is 3.15. The standard InChI is InChI=1S/C7H9IN2O/c1-11-5-2-3-7(10-9)6(8)4-5/h2-4,10H,9H2,1H3. The Kier molecular flexibility index (Phi) is 2.95. The van der Waals surface area contributed by atoms with E-state index in [0.29, 0.717) is 0 Å². The van der Waals surface area contributed by atoms with E-state index in [4.69, 9.17) is 10.6 Å². The molecule has 1 aromatic carbocycles. The number of anilines is 1. The Morgan fingerprint density at radius 1 is 1.55 bits per heavy atom. The summed E-state index contributed by atoms with van der Waals surface area (Å²) < 4.78 is 6.07. The van der Waals surface area contributed by atoms with Crippen LogP contribution in [0.2, 0.25) is 0 Å². The second-order valence-electron chi connectivity index (χ2n) is 1.99. The van der Waals surface area contributed by atoms with E-state index in [1.807, 2.05) is 18.2 Å². The summed E-state index contributed by atoms with van der Waals surface area (Å²) in [5.41, 5.74) is 3.49. The van der Waals surface area contributed by atoms with Crippen molar-refractivity contribution in [3.05, 3.63) is 21.8 Å². The molecule has 60 valence electrons. The summed E-state index contributed by atoms with van der Waals surface area (Å²) in [4.78, 5) is 0. The van der Waals surface area contributed by atoms with Gasteiger partial charge in [0.25, 0.3) is 0 Å². The predicted molar refractivity (Wildman–Crippen MR) is 53.5 cm³/mol. The van der Waals surface area contributed by atoms with Gasteiger partial charge in [0.15, 0.2) is 0 Å². The first-order valence-electron chi connectivity index (χ1n) is 3.08. The van der Waals surface area contributed by atoms with Gasteiger partial charge in [0.05, 0.1) is 12.8 Å². The second kappa shape index (κ2) is 3.77. The van der Waals surface area contributed by atoms with Crippen LogP contribution in [0.1, 0.15) is 0 Å². The zero-order valence-electron chi connectivity index (χ0n) is 6.10. The number of rotatable bonds is 2. The zero-order valence-corrected chi connectivity index (χ0v) is 8.25. The lowest BCUT2D eigenvalue weighted by Gasteiger charge is -2.04. The number of hydrazine groups is 1. The monoisotopic (exact) mass is 264 g/mol. The van der Waals surface area contributed by atoms with Gasteiger partial charge in [-0.1, -0.05) is 0 Å². The van der Waals surface area contributed by atoms with Crippen molar-refractivity contribution in [1.29, 1.82) is 0 Å². The van der Waals surface area contributed by atoms with Gasteiger partial charge >= 0.3 is 0 Å². The number of nitrogens with one attached hydrogen (secondary N) is 1. The first-order valence-corrected chi connectivity index (χ1v) is 4.16. The third kappa shape index (κ3) is 1.97. The number of nitrogen functional groups attached to an aromatic ring is 1. The van der Waals surface area contributed by atoms with Crippen molar-refractivity contribution in [2.24, 2.45) is 5.84 Å². The quantitative estimate of drug-likeness (QED) is 0.484. The number of nitrogens with two attached hydrogens (primary N) is 1. The molecule has 11 heavy (non-hydrogen) atoms.